The summed E-state index contributed by atoms with van der Waals surface area (Å²) in [5, 5.41) is 9.72. The van der Waals surface area contributed by atoms with Gasteiger partial charge >= 0.3 is 11.9 Å². The van der Waals surface area contributed by atoms with Gasteiger partial charge in [-0.3, -0.25) is 9.59 Å². The van der Waals surface area contributed by atoms with E-state index in [0.29, 0.717) is 13.0 Å². The SMILES string of the molecule is CC(C)(CC(C)(C)C(=O)OCCCSSc1ccccn1)C(=O)OCCO. The van der Waals surface area contributed by atoms with Crippen LogP contribution in [0.15, 0.2) is 29.4 Å². The van der Waals surface area contributed by atoms with Crippen molar-refractivity contribution >= 4 is 33.5 Å². The van der Waals surface area contributed by atoms with Crippen LogP contribution in [0, 0.1) is 10.8 Å². The standard InChI is InChI=1S/C19H29NO5S2/c1-18(2,14-19(3,4)17(23)25-12-10-21)16(22)24-11-7-13-26-27-15-8-5-6-9-20-15/h5-6,8-9,21H,7,10-14H2,1-4H3. The van der Waals surface area contributed by atoms with Gasteiger partial charge in [0.1, 0.15) is 11.6 Å². The quantitative estimate of drug-likeness (QED) is 0.314. The van der Waals surface area contributed by atoms with E-state index in [-0.39, 0.29) is 19.2 Å². The molecule has 0 saturated carbocycles. The summed E-state index contributed by atoms with van der Waals surface area (Å²) in [5.41, 5.74) is -1.65. The average molecular weight is 416 g/mol. The zero-order valence-electron chi connectivity index (χ0n) is 16.4. The first-order valence-corrected chi connectivity index (χ1v) is 11.2. The fourth-order valence-corrected chi connectivity index (χ4v) is 4.50. The molecule has 6 nitrogen and oxygen atoms in total. The summed E-state index contributed by atoms with van der Waals surface area (Å²) in [6, 6.07) is 5.78. The predicted molar refractivity (Wildman–Crippen MR) is 108 cm³/mol. The van der Waals surface area contributed by atoms with Crippen LogP contribution in [0.3, 0.4) is 0 Å². The first-order valence-electron chi connectivity index (χ1n) is 8.85. The van der Waals surface area contributed by atoms with Gasteiger partial charge < -0.3 is 14.6 Å². The van der Waals surface area contributed by atoms with Gasteiger partial charge in [-0.05, 0) is 63.5 Å². The molecule has 1 heterocycles. The molecule has 0 spiro atoms. The summed E-state index contributed by atoms with van der Waals surface area (Å²) < 4.78 is 10.4. The molecule has 0 saturated heterocycles. The van der Waals surface area contributed by atoms with Gasteiger partial charge in [0.2, 0.25) is 0 Å². The molecule has 8 heteroatoms. The molecule has 0 fully saturated rings. The number of aliphatic hydroxyl groups is 1. The third kappa shape index (κ3) is 8.99. The van der Waals surface area contributed by atoms with Gasteiger partial charge in [0.25, 0.3) is 0 Å². The van der Waals surface area contributed by atoms with Crippen LogP contribution in [-0.2, 0) is 19.1 Å². The number of hydrogen-bond donors (Lipinski definition) is 1. The van der Waals surface area contributed by atoms with E-state index in [1.165, 1.54) is 0 Å². The number of carbonyl (C=O) groups excluding carboxylic acids is 2. The van der Waals surface area contributed by atoms with Gasteiger partial charge in [0, 0.05) is 11.9 Å². The molecular formula is C19H29NO5S2. The Bertz CT molecular complexity index is 593. The Balaban J connectivity index is 2.31. The molecule has 1 N–H and O–H groups in total. The van der Waals surface area contributed by atoms with Crippen LogP contribution in [0.1, 0.15) is 40.5 Å². The topological polar surface area (TPSA) is 85.7 Å². The summed E-state index contributed by atoms with van der Waals surface area (Å²) in [6.45, 7) is 7.07. The summed E-state index contributed by atoms with van der Waals surface area (Å²) >= 11 is 0. The normalized spacial score (nSPS) is 11.9. The number of rotatable bonds is 12. The fourth-order valence-electron chi connectivity index (χ4n) is 2.56. The lowest BCUT2D eigenvalue weighted by Crippen LogP contribution is -2.37. The van der Waals surface area contributed by atoms with Crippen molar-refractivity contribution in [3.63, 3.8) is 0 Å². The van der Waals surface area contributed by atoms with E-state index in [1.54, 1.807) is 55.5 Å². The maximum atomic E-state index is 12.4. The Labute approximate surface area is 169 Å². The lowest BCUT2D eigenvalue weighted by Gasteiger charge is -2.31. The number of esters is 2. The second kappa shape index (κ2) is 11.6. The minimum Gasteiger partial charge on any atom is -0.465 e. The summed E-state index contributed by atoms with van der Waals surface area (Å²) in [7, 11) is 3.27. The lowest BCUT2D eigenvalue weighted by atomic mass is 9.75. The Hall–Kier alpha value is -1.25. The van der Waals surface area contributed by atoms with Crippen LogP contribution >= 0.6 is 21.6 Å². The molecule has 152 valence electrons. The van der Waals surface area contributed by atoms with Gasteiger partial charge in [-0.15, -0.1) is 0 Å². The largest absolute Gasteiger partial charge is 0.465 e. The first kappa shape index (κ1) is 23.8. The highest BCUT2D eigenvalue weighted by atomic mass is 33.1. The molecule has 0 radical (unpaired) electrons. The maximum Gasteiger partial charge on any atom is 0.311 e. The van der Waals surface area contributed by atoms with E-state index >= 15 is 0 Å². The van der Waals surface area contributed by atoms with Crippen molar-refractivity contribution in [1.82, 2.24) is 4.98 Å². The van der Waals surface area contributed by atoms with Crippen molar-refractivity contribution in [2.45, 2.75) is 45.6 Å². The zero-order chi connectivity index (χ0) is 20.3. The van der Waals surface area contributed by atoms with Crippen LogP contribution in [0.2, 0.25) is 0 Å². The van der Waals surface area contributed by atoms with Crippen molar-refractivity contribution in [1.29, 1.82) is 0 Å². The Morgan fingerprint density at radius 3 is 2.26 bits per heavy atom. The van der Waals surface area contributed by atoms with E-state index < -0.39 is 16.8 Å². The molecular weight excluding hydrogens is 386 g/mol. The Morgan fingerprint density at radius 2 is 1.70 bits per heavy atom. The summed E-state index contributed by atoms with van der Waals surface area (Å²) in [5.74, 6) is 0.0850. The summed E-state index contributed by atoms with van der Waals surface area (Å²) in [4.78, 5) is 28.7. The predicted octanol–water partition coefficient (Wildman–Crippen LogP) is 3.73. The number of ether oxygens (including phenoxy) is 2. The highest BCUT2D eigenvalue weighted by Gasteiger charge is 2.40. The highest BCUT2D eigenvalue weighted by Crippen LogP contribution is 2.36. The molecule has 1 rings (SSSR count). The average Bonchev–Trinajstić information content (AvgIpc) is 2.62. The first-order chi connectivity index (χ1) is 12.7. The lowest BCUT2D eigenvalue weighted by molar-refractivity contribution is -0.162. The van der Waals surface area contributed by atoms with Crippen LogP contribution < -0.4 is 0 Å². The number of carbonyl (C=O) groups is 2. The molecule has 1 aromatic rings. The minimum atomic E-state index is -0.840. The van der Waals surface area contributed by atoms with E-state index in [4.69, 9.17) is 14.6 Å². The number of aliphatic hydroxyl groups excluding tert-OH is 1. The zero-order valence-corrected chi connectivity index (χ0v) is 18.0. The molecule has 27 heavy (non-hydrogen) atoms. The maximum absolute atomic E-state index is 12.4. The van der Waals surface area contributed by atoms with Crippen molar-refractivity contribution in [2.75, 3.05) is 25.6 Å². The van der Waals surface area contributed by atoms with Crippen LogP contribution in [-0.4, -0.2) is 47.6 Å². The Kier molecular flexibility index (Phi) is 10.2. The molecule has 0 aliphatic rings. The minimum absolute atomic E-state index is 0.0404. The summed E-state index contributed by atoms with van der Waals surface area (Å²) in [6.07, 6.45) is 2.80. The smallest absolute Gasteiger partial charge is 0.311 e. The molecule has 0 aliphatic heterocycles. The molecule has 0 bridgehead atoms. The third-order valence-corrected chi connectivity index (χ3v) is 6.05. The van der Waals surface area contributed by atoms with Gasteiger partial charge in [-0.1, -0.05) is 16.9 Å². The molecule has 0 unspecified atom stereocenters. The molecule has 0 atom stereocenters. The van der Waals surface area contributed by atoms with Crippen molar-refractivity contribution in [3.8, 4) is 0 Å². The fraction of sp³-hybridized carbons (Fsp3) is 0.632. The highest BCUT2D eigenvalue weighted by molar-refractivity contribution is 8.76. The number of hydrogen-bond acceptors (Lipinski definition) is 8. The van der Waals surface area contributed by atoms with E-state index in [0.717, 1.165) is 17.2 Å². The van der Waals surface area contributed by atoms with Crippen LogP contribution in [0.5, 0.6) is 0 Å². The molecule has 0 aliphatic carbocycles. The van der Waals surface area contributed by atoms with Crippen LogP contribution in [0.4, 0.5) is 0 Å². The Morgan fingerprint density at radius 1 is 1.07 bits per heavy atom. The van der Waals surface area contributed by atoms with Gasteiger partial charge in [0.05, 0.1) is 24.0 Å². The molecule has 0 amide bonds. The van der Waals surface area contributed by atoms with Gasteiger partial charge in [-0.25, -0.2) is 4.98 Å². The number of aromatic nitrogens is 1. The van der Waals surface area contributed by atoms with Gasteiger partial charge in [-0.2, -0.15) is 0 Å². The second-order valence-electron chi connectivity index (χ2n) is 7.37. The van der Waals surface area contributed by atoms with Crippen molar-refractivity contribution in [2.24, 2.45) is 10.8 Å². The van der Waals surface area contributed by atoms with Crippen molar-refractivity contribution in [3.05, 3.63) is 24.4 Å². The van der Waals surface area contributed by atoms with E-state index in [9.17, 15) is 9.59 Å². The van der Waals surface area contributed by atoms with E-state index in [1.807, 2.05) is 18.2 Å². The third-order valence-electron chi connectivity index (χ3n) is 3.70. The second-order valence-corrected chi connectivity index (χ2v) is 9.80. The molecule has 0 aromatic carbocycles. The number of nitrogens with zero attached hydrogens (tertiary/aromatic N) is 1. The van der Waals surface area contributed by atoms with Gasteiger partial charge in [0.15, 0.2) is 0 Å². The van der Waals surface area contributed by atoms with Crippen molar-refractivity contribution < 1.29 is 24.2 Å². The number of pyridine rings is 1. The van der Waals surface area contributed by atoms with E-state index in [2.05, 4.69) is 4.98 Å². The van der Waals surface area contributed by atoms with Crippen LogP contribution in [0.25, 0.3) is 0 Å². The molecule has 1 aromatic heterocycles. The monoisotopic (exact) mass is 415 g/mol.